The summed E-state index contributed by atoms with van der Waals surface area (Å²) in [6, 6.07) is 10.7. The van der Waals surface area contributed by atoms with Gasteiger partial charge >= 0.3 is 6.18 Å². The molecule has 0 aliphatic carbocycles. The molecule has 0 unspecified atom stereocenters. The SMILES string of the molecule is O=C(CNS(=O)(=O)c1cccc(C(F)(F)F)c1)N1CCN(c2ccc(Cl)cc2)CC1. The summed E-state index contributed by atoms with van der Waals surface area (Å²) >= 11 is 5.88. The average Bonchev–Trinajstić information content (AvgIpc) is 2.72. The predicted molar refractivity (Wildman–Crippen MR) is 107 cm³/mol. The fraction of sp³-hybridized carbons (Fsp3) is 0.316. The highest BCUT2D eigenvalue weighted by Crippen LogP contribution is 2.30. The molecule has 1 fully saturated rings. The minimum absolute atomic E-state index is 0.396. The topological polar surface area (TPSA) is 69.7 Å². The first kappa shape index (κ1) is 22.4. The van der Waals surface area contributed by atoms with Crippen molar-refractivity contribution in [2.24, 2.45) is 0 Å². The molecule has 2 aromatic carbocycles. The fourth-order valence-corrected chi connectivity index (χ4v) is 4.20. The van der Waals surface area contributed by atoms with Crippen molar-refractivity contribution >= 4 is 33.2 Å². The summed E-state index contributed by atoms with van der Waals surface area (Å²) in [7, 11) is -4.26. The Labute approximate surface area is 177 Å². The molecule has 0 aromatic heterocycles. The Morgan fingerprint density at radius 2 is 1.67 bits per heavy atom. The van der Waals surface area contributed by atoms with Gasteiger partial charge in [0.2, 0.25) is 15.9 Å². The highest BCUT2D eigenvalue weighted by molar-refractivity contribution is 7.89. The van der Waals surface area contributed by atoms with E-state index in [1.165, 1.54) is 4.90 Å². The van der Waals surface area contributed by atoms with E-state index in [4.69, 9.17) is 11.6 Å². The highest BCUT2D eigenvalue weighted by Gasteiger charge is 2.32. The van der Waals surface area contributed by atoms with Crippen LogP contribution in [0.15, 0.2) is 53.4 Å². The zero-order valence-corrected chi connectivity index (χ0v) is 17.3. The minimum Gasteiger partial charge on any atom is -0.368 e. The lowest BCUT2D eigenvalue weighted by Gasteiger charge is -2.36. The van der Waals surface area contributed by atoms with Crippen molar-refractivity contribution in [2.45, 2.75) is 11.1 Å². The Morgan fingerprint density at radius 1 is 1.03 bits per heavy atom. The zero-order valence-electron chi connectivity index (χ0n) is 15.7. The Kier molecular flexibility index (Phi) is 6.59. The lowest BCUT2D eigenvalue weighted by atomic mass is 10.2. The van der Waals surface area contributed by atoms with Gasteiger partial charge in [-0.25, -0.2) is 13.1 Å². The number of carbonyl (C=O) groups excluding carboxylic acids is 1. The number of carbonyl (C=O) groups is 1. The molecular formula is C19H19ClF3N3O3S. The maximum atomic E-state index is 12.8. The Balaban J connectivity index is 1.56. The van der Waals surface area contributed by atoms with Gasteiger partial charge < -0.3 is 9.80 Å². The summed E-state index contributed by atoms with van der Waals surface area (Å²) < 4.78 is 65.1. The number of halogens is 4. The summed E-state index contributed by atoms with van der Waals surface area (Å²) in [4.78, 5) is 15.4. The molecule has 0 bridgehead atoms. The molecule has 1 heterocycles. The van der Waals surface area contributed by atoms with Gasteiger partial charge in [-0.2, -0.15) is 13.2 Å². The molecule has 6 nitrogen and oxygen atoms in total. The van der Waals surface area contributed by atoms with Gasteiger partial charge in [0.25, 0.3) is 0 Å². The maximum absolute atomic E-state index is 12.8. The monoisotopic (exact) mass is 461 g/mol. The summed E-state index contributed by atoms with van der Waals surface area (Å²) in [6.07, 6.45) is -4.66. The smallest absolute Gasteiger partial charge is 0.368 e. The van der Waals surface area contributed by atoms with Gasteiger partial charge in [-0.15, -0.1) is 0 Å². The summed E-state index contributed by atoms with van der Waals surface area (Å²) in [5, 5.41) is 0.626. The number of anilines is 1. The third-order valence-corrected chi connectivity index (χ3v) is 6.36. The molecule has 0 atom stereocenters. The van der Waals surface area contributed by atoms with Gasteiger partial charge in [0.1, 0.15) is 0 Å². The van der Waals surface area contributed by atoms with Crippen molar-refractivity contribution in [3.05, 3.63) is 59.1 Å². The number of hydrogen-bond acceptors (Lipinski definition) is 4. The van der Waals surface area contributed by atoms with E-state index < -0.39 is 39.1 Å². The molecule has 1 aliphatic heterocycles. The molecule has 1 saturated heterocycles. The number of sulfonamides is 1. The van der Waals surface area contributed by atoms with Crippen LogP contribution in [0.5, 0.6) is 0 Å². The Hall–Kier alpha value is -2.30. The van der Waals surface area contributed by atoms with Gasteiger partial charge in [-0.3, -0.25) is 4.79 Å². The largest absolute Gasteiger partial charge is 0.416 e. The van der Waals surface area contributed by atoms with E-state index >= 15 is 0 Å². The number of nitrogens with zero attached hydrogens (tertiary/aromatic N) is 2. The van der Waals surface area contributed by atoms with E-state index in [0.717, 1.165) is 23.9 Å². The van der Waals surface area contributed by atoms with Crippen LogP contribution < -0.4 is 9.62 Å². The molecule has 1 aliphatic rings. The number of piperazine rings is 1. The van der Waals surface area contributed by atoms with E-state index in [0.29, 0.717) is 37.3 Å². The molecule has 3 rings (SSSR count). The second-order valence-corrected chi connectivity index (χ2v) is 8.90. The first-order valence-electron chi connectivity index (χ1n) is 9.01. The van der Waals surface area contributed by atoms with Gasteiger partial charge in [0.15, 0.2) is 0 Å². The Morgan fingerprint density at radius 3 is 2.27 bits per heavy atom. The fourth-order valence-electron chi connectivity index (χ4n) is 3.06. The van der Waals surface area contributed by atoms with E-state index in [1.807, 2.05) is 12.1 Å². The maximum Gasteiger partial charge on any atom is 0.416 e. The number of amides is 1. The lowest BCUT2D eigenvalue weighted by molar-refractivity contribution is -0.137. The van der Waals surface area contributed by atoms with Crippen molar-refractivity contribution in [3.8, 4) is 0 Å². The molecule has 1 N–H and O–H groups in total. The molecule has 1 amide bonds. The number of rotatable bonds is 5. The molecule has 0 spiro atoms. The summed E-state index contributed by atoms with van der Waals surface area (Å²) in [6.45, 7) is 1.39. The standard InChI is InChI=1S/C19H19ClF3N3O3S/c20-15-4-6-16(7-5-15)25-8-10-26(11-9-25)18(27)13-24-30(28,29)17-3-1-2-14(12-17)19(21,22)23/h1-7,12,24H,8-11,13H2. The van der Waals surface area contributed by atoms with E-state index in [1.54, 1.807) is 12.1 Å². The van der Waals surface area contributed by atoms with Gasteiger partial charge in [-0.1, -0.05) is 17.7 Å². The minimum atomic E-state index is -4.66. The third-order valence-electron chi connectivity index (χ3n) is 4.71. The summed E-state index contributed by atoms with van der Waals surface area (Å²) in [5.74, 6) is -0.443. The van der Waals surface area contributed by atoms with Crippen molar-refractivity contribution < 1.29 is 26.4 Å². The molecule has 2 aromatic rings. The molecule has 11 heteroatoms. The van der Waals surface area contributed by atoms with E-state index in [9.17, 15) is 26.4 Å². The van der Waals surface area contributed by atoms with Crippen molar-refractivity contribution in [1.29, 1.82) is 0 Å². The van der Waals surface area contributed by atoms with Crippen LogP contribution in [0.25, 0.3) is 0 Å². The second kappa shape index (κ2) is 8.83. The van der Waals surface area contributed by atoms with Crippen LogP contribution in [-0.4, -0.2) is 51.9 Å². The van der Waals surface area contributed by atoms with E-state index in [2.05, 4.69) is 9.62 Å². The number of nitrogens with one attached hydrogen (secondary N) is 1. The number of alkyl halides is 3. The van der Waals surface area contributed by atoms with Gasteiger partial charge in [0.05, 0.1) is 17.0 Å². The van der Waals surface area contributed by atoms with Crippen LogP contribution >= 0.6 is 11.6 Å². The van der Waals surface area contributed by atoms with Crippen molar-refractivity contribution in [2.75, 3.05) is 37.6 Å². The van der Waals surface area contributed by atoms with Crippen LogP contribution in [0.2, 0.25) is 5.02 Å². The number of hydrogen-bond donors (Lipinski definition) is 1. The number of benzene rings is 2. The van der Waals surface area contributed by atoms with Crippen molar-refractivity contribution in [1.82, 2.24) is 9.62 Å². The molecule has 162 valence electrons. The molecule has 0 radical (unpaired) electrons. The predicted octanol–water partition coefficient (Wildman–Crippen LogP) is 2.99. The lowest BCUT2D eigenvalue weighted by Crippen LogP contribution is -2.51. The van der Waals surface area contributed by atoms with Gasteiger partial charge in [0, 0.05) is 36.9 Å². The molecule has 30 heavy (non-hydrogen) atoms. The second-order valence-electron chi connectivity index (χ2n) is 6.69. The first-order chi connectivity index (χ1) is 14.1. The van der Waals surface area contributed by atoms with Gasteiger partial charge in [-0.05, 0) is 42.5 Å². The third kappa shape index (κ3) is 5.44. The highest BCUT2D eigenvalue weighted by atomic mass is 35.5. The van der Waals surface area contributed by atoms with Crippen LogP contribution in [0.4, 0.5) is 18.9 Å². The first-order valence-corrected chi connectivity index (χ1v) is 10.9. The molecule has 0 saturated carbocycles. The Bertz CT molecular complexity index is 1010. The normalized spacial score (nSPS) is 15.3. The van der Waals surface area contributed by atoms with Crippen molar-refractivity contribution in [3.63, 3.8) is 0 Å². The van der Waals surface area contributed by atoms with E-state index in [-0.39, 0.29) is 0 Å². The zero-order chi connectivity index (χ0) is 21.9. The summed E-state index contributed by atoms with van der Waals surface area (Å²) in [5.41, 5.74) is -0.105. The molecular weight excluding hydrogens is 443 g/mol. The quantitative estimate of drug-likeness (QED) is 0.743. The van der Waals surface area contributed by atoms with Crippen LogP contribution in [-0.2, 0) is 21.0 Å². The van der Waals surface area contributed by atoms with Crippen LogP contribution in [0.3, 0.4) is 0 Å². The van der Waals surface area contributed by atoms with Crippen LogP contribution in [0.1, 0.15) is 5.56 Å². The van der Waals surface area contributed by atoms with Crippen LogP contribution in [0, 0.1) is 0 Å². The average molecular weight is 462 g/mol.